The summed E-state index contributed by atoms with van der Waals surface area (Å²) in [6.07, 6.45) is 0.837. The van der Waals surface area contributed by atoms with Gasteiger partial charge in [-0.25, -0.2) is 4.98 Å². The van der Waals surface area contributed by atoms with Crippen LogP contribution in [0.15, 0.2) is 12.1 Å². The van der Waals surface area contributed by atoms with Crippen molar-refractivity contribution in [1.82, 2.24) is 9.88 Å². The zero-order valence-electron chi connectivity index (χ0n) is 8.12. The molecule has 0 unspecified atom stereocenters. The lowest BCUT2D eigenvalue weighted by Gasteiger charge is -2.10. The summed E-state index contributed by atoms with van der Waals surface area (Å²) in [4.78, 5) is 6.26. The number of likely N-dealkylation sites (N-methyl/N-ethyl adjacent to an activating group) is 1. The Kier molecular flexibility index (Phi) is 3.31. The maximum atomic E-state index is 5.74. The predicted octanol–water partition coefficient (Wildman–Crippen LogP) is -0.438. The molecule has 0 bridgehead atoms. The molecule has 2 radical (unpaired) electrons. The van der Waals surface area contributed by atoms with Crippen molar-refractivity contribution in [3.63, 3.8) is 0 Å². The third kappa shape index (κ3) is 3.07. The van der Waals surface area contributed by atoms with Crippen LogP contribution in [0.4, 0.5) is 5.82 Å². The van der Waals surface area contributed by atoms with Gasteiger partial charge in [0.2, 0.25) is 0 Å². The Morgan fingerprint density at radius 3 is 2.77 bits per heavy atom. The number of pyridine rings is 1. The van der Waals surface area contributed by atoms with Gasteiger partial charge in [0.05, 0.1) is 0 Å². The summed E-state index contributed by atoms with van der Waals surface area (Å²) < 4.78 is 0. The summed E-state index contributed by atoms with van der Waals surface area (Å²) >= 11 is 0. The van der Waals surface area contributed by atoms with E-state index in [1.54, 1.807) is 12.1 Å². The molecule has 1 aromatic rings. The molecule has 0 spiro atoms. The van der Waals surface area contributed by atoms with E-state index >= 15 is 0 Å². The average molecular weight is 175 g/mol. The lowest BCUT2D eigenvalue weighted by Crippen LogP contribution is -2.21. The summed E-state index contributed by atoms with van der Waals surface area (Å²) in [5, 5.41) is 0. The lowest BCUT2D eigenvalue weighted by atomic mass is 9.93. The van der Waals surface area contributed by atoms with Crippen molar-refractivity contribution in [2.45, 2.75) is 6.42 Å². The van der Waals surface area contributed by atoms with Gasteiger partial charge in [0.25, 0.3) is 0 Å². The van der Waals surface area contributed by atoms with Gasteiger partial charge in [-0.1, -0.05) is 11.5 Å². The number of nitrogens with zero attached hydrogens (tertiary/aromatic N) is 2. The monoisotopic (exact) mass is 175 g/mol. The number of anilines is 1. The molecule has 0 atom stereocenters. The summed E-state index contributed by atoms with van der Waals surface area (Å²) in [5.41, 5.74) is 7.16. The van der Waals surface area contributed by atoms with Crippen LogP contribution < -0.4 is 11.2 Å². The van der Waals surface area contributed by atoms with E-state index < -0.39 is 0 Å². The maximum Gasteiger partial charge on any atom is 0.123 e. The summed E-state index contributed by atoms with van der Waals surface area (Å²) in [7, 11) is 9.77. The number of hydrogen-bond acceptors (Lipinski definition) is 3. The molecule has 0 fully saturated rings. The van der Waals surface area contributed by atoms with Crippen molar-refractivity contribution in [3.05, 3.63) is 17.8 Å². The smallest absolute Gasteiger partial charge is 0.123 e. The molecule has 0 aliphatic heterocycles. The molecule has 2 N–H and O–H groups in total. The maximum absolute atomic E-state index is 5.74. The minimum atomic E-state index is 0.531. The van der Waals surface area contributed by atoms with Gasteiger partial charge in [-0.2, -0.15) is 0 Å². The van der Waals surface area contributed by atoms with Crippen LogP contribution in [0.1, 0.15) is 5.69 Å². The van der Waals surface area contributed by atoms with Crippen LogP contribution in [-0.4, -0.2) is 38.4 Å². The number of nitrogen functional groups attached to an aromatic ring is 1. The topological polar surface area (TPSA) is 42.1 Å². The zero-order valence-corrected chi connectivity index (χ0v) is 8.12. The Labute approximate surface area is 80.4 Å². The largest absolute Gasteiger partial charge is 0.384 e. The zero-order chi connectivity index (χ0) is 9.84. The summed E-state index contributed by atoms with van der Waals surface area (Å²) in [5.74, 6) is 0.531. The normalized spacial score (nSPS) is 10.7. The van der Waals surface area contributed by atoms with Crippen LogP contribution in [0.3, 0.4) is 0 Å². The van der Waals surface area contributed by atoms with Crippen molar-refractivity contribution in [1.29, 1.82) is 0 Å². The molecule has 0 aromatic carbocycles. The van der Waals surface area contributed by atoms with Crippen molar-refractivity contribution >= 4 is 19.1 Å². The van der Waals surface area contributed by atoms with Crippen molar-refractivity contribution in [2.24, 2.45) is 0 Å². The minimum absolute atomic E-state index is 0.531. The van der Waals surface area contributed by atoms with E-state index in [9.17, 15) is 0 Å². The fraction of sp³-hybridized carbons (Fsp3) is 0.444. The van der Waals surface area contributed by atoms with Crippen molar-refractivity contribution in [3.8, 4) is 0 Å². The molecule has 1 rings (SSSR count). The molecule has 1 aromatic heterocycles. The Hall–Kier alpha value is -1.03. The van der Waals surface area contributed by atoms with E-state index in [1.807, 2.05) is 14.1 Å². The molecule has 4 heteroatoms. The summed E-state index contributed by atoms with van der Waals surface area (Å²) in [6, 6.07) is 3.52. The highest BCUT2D eigenvalue weighted by atomic mass is 15.0. The van der Waals surface area contributed by atoms with E-state index in [-0.39, 0.29) is 0 Å². The standard InChI is InChI=1S/C9H14BN3/c1-13(2)6-5-8-7(10)3-4-9(11)12-8/h3-4H,5-6H2,1-2H3,(H2,11,12). The van der Waals surface area contributed by atoms with E-state index in [1.165, 1.54) is 0 Å². The second-order valence-corrected chi connectivity index (χ2v) is 3.33. The number of rotatable bonds is 3. The summed E-state index contributed by atoms with van der Waals surface area (Å²) in [6.45, 7) is 0.931. The molecule has 0 saturated carbocycles. The van der Waals surface area contributed by atoms with E-state index in [0.29, 0.717) is 5.82 Å². The van der Waals surface area contributed by atoms with Crippen LogP contribution >= 0.6 is 0 Å². The van der Waals surface area contributed by atoms with Gasteiger partial charge in [-0.05, 0) is 20.2 Å². The van der Waals surface area contributed by atoms with Crippen LogP contribution in [0, 0.1) is 0 Å². The van der Waals surface area contributed by atoms with Gasteiger partial charge < -0.3 is 10.6 Å². The highest BCUT2D eigenvalue weighted by Gasteiger charge is 2.00. The molecular formula is C9H14BN3. The lowest BCUT2D eigenvalue weighted by molar-refractivity contribution is 0.412. The van der Waals surface area contributed by atoms with Gasteiger partial charge in [0, 0.05) is 18.7 Å². The third-order valence-corrected chi connectivity index (χ3v) is 1.83. The number of aromatic nitrogens is 1. The molecule has 0 aliphatic rings. The second kappa shape index (κ2) is 4.28. The molecular weight excluding hydrogens is 161 g/mol. The SMILES string of the molecule is [B]c1ccc(N)nc1CCN(C)C. The molecule has 1 heterocycles. The van der Waals surface area contributed by atoms with Crippen LogP contribution in [-0.2, 0) is 6.42 Å². The molecule has 0 aliphatic carbocycles. The van der Waals surface area contributed by atoms with Crippen LogP contribution in [0.25, 0.3) is 0 Å². The Bertz CT molecular complexity index is 286. The first kappa shape index (κ1) is 10.1. The van der Waals surface area contributed by atoms with E-state index in [4.69, 9.17) is 13.6 Å². The van der Waals surface area contributed by atoms with Gasteiger partial charge >= 0.3 is 0 Å². The fourth-order valence-electron chi connectivity index (χ4n) is 1.06. The first-order valence-electron chi connectivity index (χ1n) is 4.25. The molecule has 0 amide bonds. The first-order valence-corrected chi connectivity index (χ1v) is 4.25. The van der Waals surface area contributed by atoms with Gasteiger partial charge in [0.15, 0.2) is 0 Å². The van der Waals surface area contributed by atoms with Gasteiger partial charge in [0.1, 0.15) is 13.7 Å². The fourth-order valence-corrected chi connectivity index (χ4v) is 1.06. The van der Waals surface area contributed by atoms with Crippen molar-refractivity contribution in [2.75, 3.05) is 26.4 Å². The first-order chi connectivity index (χ1) is 6.09. The minimum Gasteiger partial charge on any atom is -0.384 e. The Morgan fingerprint density at radius 1 is 1.46 bits per heavy atom. The molecule has 0 saturated heterocycles. The molecule has 3 nitrogen and oxygen atoms in total. The quantitative estimate of drug-likeness (QED) is 0.633. The second-order valence-electron chi connectivity index (χ2n) is 3.33. The van der Waals surface area contributed by atoms with Crippen molar-refractivity contribution < 1.29 is 0 Å². The third-order valence-electron chi connectivity index (χ3n) is 1.83. The predicted molar refractivity (Wildman–Crippen MR) is 56.3 cm³/mol. The number of nitrogens with two attached hydrogens (primary N) is 1. The number of hydrogen-bond donors (Lipinski definition) is 1. The molecule has 13 heavy (non-hydrogen) atoms. The van der Waals surface area contributed by atoms with Crippen LogP contribution in [0.2, 0.25) is 0 Å². The van der Waals surface area contributed by atoms with E-state index in [0.717, 1.165) is 24.1 Å². The molecule has 68 valence electrons. The highest BCUT2D eigenvalue weighted by molar-refractivity contribution is 6.33. The Morgan fingerprint density at radius 2 is 2.15 bits per heavy atom. The van der Waals surface area contributed by atoms with E-state index in [2.05, 4.69) is 9.88 Å². The highest BCUT2D eigenvalue weighted by Crippen LogP contribution is 1.98. The van der Waals surface area contributed by atoms with Gasteiger partial charge in [-0.3, -0.25) is 0 Å². The Balaban J connectivity index is 2.70. The average Bonchev–Trinajstić information content (AvgIpc) is 2.06. The van der Waals surface area contributed by atoms with Crippen LogP contribution in [0.5, 0.6) is 0 Å². The van der Waals surface area contributed by atoms with Gasteiger partial charge in [-0.15, -0.1) is 0 Å².